The molecule has 1 fully saturated rings. The van der Waals surface area contributed by atoms with E-state index in [9.17, 15) is 4.79 Å². The minimum absolute atomic E-state index is 0.0302. The van der Waals surface area contributed by atoms with Gasteiger partial charge in [0.1, 0.15) is 0 Å². The number of aromatic nitrogens is 6. The number of imidazole rings is 1. The lowest BCUT2D eigenvalue weighted by Crippen LogP contribution is -2.36. The molecule has 0 atom stereocenters. The van der Waals surface area contributed by atoms with Crippen molar-refractivity contribution in [2.45, 2.75) is 6.42 Å². The van der Waals surface area contributed by atoms with Gasteiger partial charge in [-0.2, -0.15) is 5.10 Å². The van der Waals surface area contributed by atoms with Gasteiger partial charge in [-0.15, -0.1) is 13.2 Å². The molecule has 1 aliphatic heterocycles. The van der Waals surface area contributed by atoms with Gasteiger partial charge in [0.15, 0.2) is 17.3 Å². The van der Waals surface area contributed by atoms with Crippen molar-refractivity contribution < 1.29 is 4.79 Å². The zero-order valence-electron chi connectivity index (χ0n) is 17.2. The second-order valence-electron chi connectivity index (χ2n) is 6.87. The molecule has 0 aliphatic carbocycles. The largest absolute Gasteiger partial charge is 0.352 e. The fourth-order valence-corrected chi connectivity index (χ4v) is 3.71. The van der Waals surface area contributed by atoms with Crippen molar-refractivity contribution in [2.24, 2.45) is 0 Å². The standard InChI is InChI=1S/C20H20N8O.C2H4/c29-20(16-4-1-5-21-17(16)28-11-2-6-24-28)27-10-3-9-25(14-15-27)18-19-23-8-13-26(19)12-7-22-18;1-2/h1-2,4-8,11-13H,3,9-10,14-15H2;1-2H2. The molecule has 31 heavy (non-hydrogen) atoms. The van der Waals surface area contributed by atoms with Gasteiger partial charge in [0.25, 0.3) is 5.91 Å². The average Bonchev–Trinajstić information content (AvgIpc) is 3.48. The van der Waals surface area contributed by atoms with Gasteiger partial charge >= 0.3 is 0 Å². The first-order valence-electron chi connectivity index (χ1n) is 10.1. The van der Waals surface area contributed by atoms with E-state index in [0.29, 0.717) is 31.0 Å². The Kier molecular flexibility index (Phi) is 6.02. The average molecular weight is 416 g/mol. The quantitative estimate of drug-likeness (QED) is 0.477. The van der Waals surface area contributed by atoms with Crippen molar-refractivity contribution in [1.82, 2.24) is 34.0 Å². The predicted molar refractivity (Wildman–Crippen MR) is 118 cm³/mol. The van der Waals surface area contributed by atoms with Crippen molar-refractivity contribution in [3.63, 3.8) is 0 Å². The van der Waals surface area contributed by atoms with E-state index in [0.717, 1.165) is 24.4 Å². The molecule has 0 spiro atoms. The highest BCUT2D eigenvalue weighted by Crippen LogP contribution is 2.20. The van der Waals surface area contributed by atoms with Crippen LogP contribution in [0.15, 0.2) is 74.7 Å². The molecular weight excluding hydrogens is 392 g/mol. The van der Waals surface area contributed by atoms with Crippen LogP contribution in [0.2, 0.25) is 0 Å². The summed E-state index contributed by atoms with van der Waals surface area (Å²) in [6.45, 7) is 8.81. The number of hydrogen-bond acceptors (Lipinski definition) is 6. The number of amides is 1. The molecule has 1 saturated heterocycles. The van der Waals surface area contributed by atoms with E-state index in [2.05, 4.69) is 38.1 Å². The number of rotatable bonds is 3. The van der Waals surface area contributed by atoms with E-state index in [1.165, 1.54) is 0 Å². The van der Waals surface area contributed by atoms with Crippen LogP contribution in [0.5, 0.6) is 0 Å². The molecule has 158 valence electrons. The summed E-state index contributed by atoms with van der Waals surface area (Å²) in [5, 5.41) is 4.23. The lowest BCUT2D eigenvalue weighted by molar-refractivity contribution is 0.0766. The number of pyridine rings is 1. The summed E-state index contributed by atoms with van der Waals surface area (Å²) in [7, 11) is 0. The summed E-state index contributed by atoms with van der Waals surface area (Å²) in [5.41, 5.74) is 1.39. The maximum atomic E-state index is 13.3. The molecule has 0 aromatic carbocycles. The summed E-state index contributed by atoms with van der Waals surface area (Å²) < 4.78 is 3.59. The Morgan fingerprint density at radius 1 is 0.839 bits per heavy atom. The Hall–Kier alpha value is -4.01. The number of carbonyl (C=O) groups excluding carboxylic acids is 1. The normalized spacial score (nSPS) is 14.1. The monoisotopic (exact) mass is 416 g/mol. The Balaban J connectivity index is 0.00000112. The van der Waals surface area contributed by atoms with Gasteiger partial charge in [0, 0.05) is 69.6 Å². The molecule has 9 nitrogen and oxygen atoms in total. The van der Waals surface area contributed by atoms with E-state index in [1.54, 1.807) is 41.7 Å². The molecule has 0 bridgehead atoms. The summed E-state index contributed by atoms with van der Waals surface area (Å²) in [6.07, 6.45) is 13.3. The summed E-state index contributed by atoms with van der Waals surface area (Å²) >= 11 is 0. The topological polar surface area (TPSA) is 84.5 Å². The molecule has 5 heterocycles. The summed E-state index contributed by atoms with van der Waals surface area (Å²) in [6, 6.07) is 5.41. The first-order valence-corrected chi connectivity index (χ1v) is 10.1. The zero-order chi connectivity index (χ0) is 21.6. The van der Waals surface area contributed by atoms with Crippen LogP contribution < -0.4 is 4.90 Å². The third-order valence-electron chi connectivity index (χ3n) is 5.11. The number of nitrogens with zero attached hydrogens (tertiary/aromatic N) is 8. The van der Waals surface area contributed by atoms with Crippen molar-refractivity contribution in [1.29, 1.82) is 0 Å². The molecule has 1 aliphatic rings. The van der Waals surface area contributed by atoms with Gasteiger partial charge in [0.05, 0.1) is 5.56 Å². The fraction of sp³-hybridized carbons (Fsp3) is 0.227. The van der Waals surface area contributed by atoms with Crippen LogP contribution in [-0.2, 0) is 0 Å². The van der Waals surface area contributed by atoms with Crippen molar-refractivity contribution in [3.05, 3.63) is 80.3 Å². The van der Waals surface area contributed by atoms with Gasteiger partial charge in [-0.05, 0) is 24.6 Å². The highest BCUT2D eigenvalue weighted by molar-refractivity contribution is 5.97. The molecule has 4 aromatic heterocycles. The molecule has 0 saturated carbocycles. The van der Waals surface area contributed by atoms with Crippen LogP contribution in [-0.4, -0.2) is 66.1 Å². The highest BCUT2D eigenvalue weighted by Gasteiger charge is 2.24. The van der Waals surface area contributed by atoms with Gasteiger partial charge in [-0.25, -0.2) is 19.6 Å². The second kappa shape index (κ2) is 9.21. The molecule has 5 rings (SSSR count). The smallest absolute Gasteiger partial charge is 0.257 e. The number of anilines is 1. The van der Waals surface area contributed by atoms with E-state index in [1.807, 2.05) is 33.8 Å². The zero-order valence-corrected chi connectivity index (χ0v) is 17.2. The minimum atomic E-state index is -0.0302. The van der Waals surface area contributed by atoms with Crippen LogP contribution in [0.25, 0.3) is 11.5 Å². The fourth-order valence-electron chi connectivity index (χ4n) is 3.71. The first-order chi connectivity index (χ1) is 15.3. The number of hydrogen-bond donors (Lipinski definition) is 0. The second-order valence-corrected chi connectivity index (χ2v) is 6.87. The molecule has 0 radical (unpaired) electrons. The van der Waals surface area contributed by atoms with Gasteiger partial charge in [-0.1, -0.05) is 0 Å². The molecule has 0 unspecified atom stereocenters. The number of fused-ring (bicyclic) bond motifs is 1. The number of carbonyl (C=O) groups is 1. The Labute approximate surface area is 180 Å². The van der Waals surface area contributed by atoms with Crippen molar-refractivity contribution >= 4 is 17.4 Å². The summed E-state index contributed by atoms with van der Waals surface area (Å²) in [4.78, 5) is 30.7. The lowest BCUT2D eigenvalue weighted by Gasteiger charge is -2.23. The van der Waals surface area contributed by atoms with Gasteiger partial charge < -0.3 is 14.2 Å². The molecule has 4 aromatic rings. The highest BCUT2D eigenvalue weighted by atomic mass is 16.2. The first kappa shape index (κ1) is 20.3. The Morgan fingerprint density at radius 3 is 2.45 bits per heavy atom. The van der Waals surface area contributed by atoms with Gasteiger partial charge in [0.2, 0.25) is 0 Å². The van der Waals surface area contributed by atoms with E-state index >= 15 is 0 Å². The maximum Gasteiger partial charge on any atom is 0.257 e. The van der Waals surface area contributed by atoms with Crippen LogP contribution in [0, 0.1) is 0 Å². The lowest BCUT2D eigenvalue weighted by atomic mass is 10.2. The third-order valence-corrected chi connectivity index (χ3v) is 5.11. The van der Waals surface area contributed by atoms with Crippen LogP contribution in [0.3, 0.4) is 0 Å². The van der Waals surface area contributed by atoms with Crippen LogP contribution in [0.1, 0.15) is 16.8 Å². The van der Waals surface area contributed by atoms with Gasteiger partial charge in [-0.3, -0.25) is 4.79 Å². The molecular formula is C22H24N8O. The van der Waals surface area contributed by atoms with E-state index < -0.39 is 0 Å². The Bertz CT molecular complexity index is 1150. The maximum absolute atomic E-state index is 13.3. The molecule has 9 heteroatoms. The van der Waals surface area contributed by atoms with Crippen molar-refractivity contribution in [3.8, 4) is 5.82 Å². The third kappa shape index (κ3) is 4.02. The van der Waals surface area contributed by atoms with E-state index in [-0.39, 0.29) is 5.91 Å². The van der Waals surface area contributed by atoms with Crippen LogP contribution in [0.4, 0.5) is 5.82 Å². The predicted octanol–water partition coefficient (Wildman–Crippen LogP) is 2.46. The van der Waals surface area contributed by atoms with Crippen LogP contribution >= 0.6 is 0 Å². The summed E-state index contributed by atoms with van der Waals surface area (Å²) in [5.74, 6) is 1.37. The van der Waals surface area contributed by atoms with E-state index in [4.69, 9.17) is 0 Å². The minimum Gasteiger partial charge on any atom is -0.352 e. The van der Waals surface area contributed by atoms with Crippen molar-refractivity contribution in [2.75, 3.05) is 31.1 Å². The SMILES string of the molecule is C=C.O=C(c1cccnc1-n1cccn1)N1CCCN(c2nccn3ccnc23)CC1. The molecule has 1 amide bonds. The Morgan fingerprint density at radius 2 is 1.65 bits per heavy atom. The molecule has 0 N–H and O–H groups in total.